The molecule has 0 aliphatic carbocycles. The zero-order chi connectivity index (χ0) is 16.8. The fourth-order valence-electron chi connectivity index (χ4n) is 2.57. The number of hydrogen-bond donors (Lipinski definition) is 2. The Hall–Kier alpha value is -2.95. The van der Waals surface area contributed by atoms with E-state index in [-0.39, 0.29) is 0 Å². The van der Waals surface area contributed by atoms with Crippen LogP contribution in [0, 0.1) is 6.92 Å². The Morgan fingerprint density at radius 3 is 2.62 bits per heavy atom. The number of nitrogens with one attached hydrogen (secondary N) is 1. The highest BCUT2D eigenvalue weighted by Gasteiger charge is 2.04. The molecule has 3 aromatic rings. The molecule has 0 radical (unpaired) electrons. The molecule has 0 aliphatic rings. The van der Waals surface area contributed by atoms with E-state index in [4.69, 9.17) is 5.73 Å². The van der Waals surface area contributed by atoms with Gasteiger partial charge in [-0.25, -0.2) is 9.97 Å². The molecule has 0 spiro atoms. The largest absolute Gasteiger partial charge is 0.370 e. The number of aryl methyl sites for hydroxylation is 2. The number of para-hydroxylation sites is 1. The maximum absolute atomic E-state index is 5.94. The molecule has 0 amide bonds. The number of hydrogen-bond acceptors (Lipinski definition) is 3. The predicted molar refractivity (Wildman–Crippen MR) is 99.2 cm³/mol. The molecule has 5 nitrogen and oxygen atoms in total. The highest BCUT2D eigenvalue weighted by atomic mass is 15.2. The van der Waals surface area contributed by atoms with Crippen LogP contribution in [-0.4, -0.2) is 22.5 Å². The van der Waals surface area contributed by atoms with Crippen LogP contribution >= 0.6 is 0 Å². The summed E-state index contributed by atoms with van der Waals surface area (Å²) < 4.78 is 0. The summed E-state index contributed by atoms with van der Waals surface area (Å²) in [6.45, 7) is 2.63. The summed E-state index contributed by atoms with van der Waals surface area (Å²) in [7, 11) is 0. The van der Waals surface area contributed by atoms with E-state index in [1.165, 1.54) is 5.56 Å². The van der Waals surface area contributed by atoms with Crippen molar-refractivity contribution in [2.75, 3.05) is 11.9 Å². The molecule has 0 atom stereocenters. The summed E-state index contributed by atoms with van der Waals surface area (Å²) >= 11 is 0. The van der Waals surface area contributed by atoms with Gasteiger partial charge in [0.25, 0.3) is 0 Å². The molecule has 0 fully saturated rings. The predicted octanol–water partition coefficient (Wildman–Crippen LogP) is 3.30. The number of benzene rings is 2. The molecule has 3 N–H and O–H groups in total. The third-order valence-corrected chi connectivity index (χ3v) is 3.78. The van der Waals surface area contributed by atoms with Gasteiger partial charge in [0.1, 0.15) is 0 Å². The van der Waals surface area contributed by atoms with E-state index in [1.807, 2.05) is 49.4 Å². The van der Waals surface area contributed by atoms with Crippen LogP contribution in [0.25, 0.3) is 10.9 Å². The summed E-state index contributed by atoms with van der Waals surface area (Å²) in [4.78, 5) is 13.3. The molecule has 122 valence electrons. The van der Waals surface area contributed by atoms with Crippen molar-refractivity contribution >= 4 is 22.8 Å². The van der Waals surface area contributed by atoms with E-state index in [2.05, 4.69) is 32.4 Å². The number of rotatable bonds is 5. The summed E-state index contributed by atoms with van der Waals surface area (Å²) in [5.41, 5.74) is 9.06. The molecule has 2 aromatic carbocycles. The Morgan fingerprint density at radius 2 is 1.79 bits per heavy atom. The molecule has 1 heterocycles. The summed E-state index contributed by atoms with van der Waals surface area (Å²) in [6.07, 6.45) is 1.94. The molecule has 0 aliphatic heterocycles. The quantitative estimate of drug-likeness (QED) is 0.430. The lowest BCUT2D eigenvalue weighted by molar-refractivity contribution is 0.832. The van der Waals surface area contributed by atoms with Gasteiger partial charge in [0.15, 0.2) is 5.96 Å². The average Bonchev–Trinajstić information content (AvgIpc) is 2.60. The smallest absolute Gasteiger partial charge is 0.230 e. The highest BCUT2D eigenvalue weighted by molar-refractivity contribution is 5.92. The molecule has 0 saturated carbocycles. The van der Waals surface area contributed by atoms with E-state index >= 15 is 0 Å². The number of nitrogens with zero attached hydrogens (tertiary/aromatic N) is 3. The lowest BCUT2D eigenvalue weighted by Gasteiger charge is -2.07. The van der Waals surface area contributed by atoms with Crippen LogP contribution in [0.15, 0.2) is 59.6 Å². The fourth-order valence-corrected chi connectivity index (χ4v) is 2.57. The lowest BCUT2D eigenvalue weighted by Crippen LogP contribution is -2.24. The van der Waals surface area contributed by atoms with E-state index in [1.54, 1.807) is 0 Å². The van der Waals surface area contributed by atoms with Crippen molar-refractivity contribution in [1.29, 1.82) is 0 Å². The monoisotopic (exact) mass is 319 g/mol. The van der Waals surface area contributed by atoms with E-state index in [9.17, 15) is 0 Å². The van der Waals surface area contributed by atoms with Crippen molar-refractivity contribution in [2.45, 2.75) is 19.8 Å². The van der Waals surface area contributed by atoms with Gasteiger partial charge in [-0.1, -0.05) is 48.5 Å². The Morgan fingerprint density at radius 1 is 1.04 bits per heavy atom. The van der Waals surface area contributed by atoms with Gasteiger partial charge in [-0.15, -0.1) is 0 Å². The number of anilines is 1. The topological polar surface area (TPSA) is 76.2 Å². The molecule has 0 saturated heterocycles. The van der Waals surface area contributed by atoms with Crippen LogP contribution in [0.2, 0.25) is 0 Å². The van der Waals surface area contributed by atoms with Crippen molar-refractivity contribution in [3.8, 4) is 0 Å². The van der Waals surface area contributed by atoms with E-state index in [0.717, 1.165) is 29.4 Å². The summed E-state index contributed by atoms with van der Waals surface area (Å²) in [5, 5.41) is 4.02. The molecule has 0 bridgehead atoms. The van der Waals surface area contributed by atoms with E-state index < -0.39 is 0 Å². The lowest BCUT2D eigenvalue weighted by atomic mass is 10.1. The molecule has 5 heteroatoms. The molecule has 0 unspecified atom stereocenters. The van der Waals surface area contributed by atoms with Gasteiger partial charge >= 0.3 is 0 Å². The maximum atomic E-state index is 5.94. The number of fused-ring (bicyclic) bond motifs is 1. The Kier molecular flexibility index (Phi) is 5.01. The van der Waals surface area contributed by atoms with Gasteiger partial charge in [0, 0.05) is 11.9 Å². The van der Waals surface area contributed by atoms with Crippen LogP contribution < -0.4 is 11.1 Å². The first kappa shape index (κ1) is 15.9. The van der Waals surface area contributed by atoms with Crippen molar-refractivity contribution in [3.05, 3.63) is 65.9 Å². The first-order valence-electron chi connectivity index (χ1n) is 8.06. The first-order valence-corrected chi connectivity index (χ1v) is 8.06. The van der Waals surface area contributed by atoms with Gasteiger partial charge in [-0.3, -0.25) is 10.3 Å². The minimum absolute atomic E-state index is 0.345. The van der Waals surface area contributed by atoms with Crippen molar-refractivity contribution < 1.29 is 0 Å². The van der Waals surface area contributed by atoms with Crippen LogP contribution in [0.3, 0.4) is 0 Å². The fraction of sp³-hybridized carbons (Fsp3) is 0.211. The number of aromatic nitrogens is 2. The average molecular weight is 319 g/mol. The molecular formula is C19H21N5. The van der Waals surface area contributed by atoms with Crippen LogP contribution in [0.4, 0.5) is 5.95 Å². The number of guanidine groups is 1. The van der Waals surface area contributed by atoms with Crippen LogP contribution in [0.5, 0.6) is 0 Å². The summed E-state index contributed by atoms with van der Waals surface area (Å²) in [6, 6.07) is 18.3. The number of nitrogens with two attached hydrogens (primary N) is 1. The minimum atomic E-state index is 0.345. The van der Waals surface area contributed by atoms with Gasteiger partial charge in [0.05, 0.1) is 11.2 Å². The molecule has 1 aromatic heterocycles. The molecular weight excluding hydrogens is 298 g/mol. The highest BCUT2D eigenvalue weighted by Crippen LogP contribution is 2.16. The van der Waals surface area contributed by atoms with Crippen molar-refractivity contribution in [1.82, 2.24) is 9.97 Å². The second kappa shape index (κ2) is 7.55. The zero-order valence-corrected chi connectivity index (χ0v) is 13.7. The van der Waals surface area contributed by atoms with Crippen LogP contribution in [0.1, 0.15) is 17.7 Å². The van der Waals surface area contributed by atoms with Gasteiger partial charge in [0.2, 0.25) is 5.95 Å². The van der Waals surface area contributed by atoms with Gasteiger partial charge in [-0.2, -0.15) is 0 Å². The zero-order valence-electron chi connectivity index (χ0n) is 13.7. The standard InChI is InChI=1S/C19H21N5/c1-14-16-11-5-6-12-17(16)23-19(22-14)24-18(20)21-13-7-10-15-8-3-2-4-9-15/h2-6,8-9,11-12H,7,10,13H2,1H3,(H3,20,21,22,23,24). The Labute approximate surface area is 141 Å². The SMILES string of the molecule is Cc1nc(NC(N)=NCCCc2ccccc2)nc2ccccc12. The van der Waals surface area contributed by atoms with Gasteiger partial charge < -0.3 is 5.73 Å². The third kappa shape index (κ3) is 4.07. The first-order chi connectivity index (χ1) is 11.7. The van der Waals surface area contributed by atoms with Gasteiger partial charge in [-0.05, 0) is 31.4 Å². The normalized spacial score (nSPS) is 11.6. The van der Waals surface area contributed by atoms with Crippen molar-refractivity contribution in [2.24, 2.45) is 10.7 Å². The van der Waals surface area contributed by atoms with E-state index in [0.29, 0.717) is 18.5 Å². The minimum Gasteiger partial charge on any atom is -0.370 e. The second-order valence-electron chi connectivity index (χ2n) is 5.63. The second-order valence-corrected chi connectivity index (χ2v) is 5.63. The summed E-state index contributed by atoms with van der Waals surface area (Å²) in [5.74, 6) is 0.827. The Bertz CT molecular complexity index is 843. The molecule has 24 heavy (non-hydrogen) atoms. The van der Waals surface area contributed by atoms with Crippen molar-refractivity contribution in [3.63, 3.8) is 0 Å². The Balaban J connectivity index is 1.59. The maximum Gasteiger partial charge on any atom is 0.230 e. The third-order valence-electron chi connectivity index (χ3n) is 3.78. The molecule has 3 rings (SSSR count). The van der Waals surface area contributed by atoms with Crippen LogP contribution in [-0.2, 0) is 6.42 Å². The number of aliphatic imine (C=N–C) groups is 1.